The van der Waals surface area contributed by atoms with Crippen molar-refractivity contribution in [3.63, 3.8) is 0 Å². The van der Waals surface area contributed by atoms with Gasteiger partial charge in [0.15, 0.2) is 0 Å². The van der Waals surface area contributed by atoms with Crippen LogP contribution >= 0.6 is 0 Å². The number of aliphatic hydroxyl groups excluding tert-OH is 1. The van der Waals surface area contributed by atoms with Gasteiger partial charge in [0.1, 0.15) is 5.75 Å². The summed E-state index contributed by atoms with van der Waals surface area (Å²) < 4.78 is 5.83. The van der Waals surface area contributed by atoms with Crippen LogP contribution < -0.4 is 4.74 Å². The Hall–Kier alpha value is -2.13. The van der Waals surface area contributed by atoms with E-state index < -0.39 is 6.10 Å². The number of hydrogen-bond donors (Lipinski definition) is 1. The average molecular weight is 295 g/mol. The quantitative estimate of drug-likeness (QED) is 0.872. The second kappa shape index (κ2) is 6.75. The van der Waals surface area contributed by atoms with Crippen molar-refractivity contribution in [3.8, 4) is 5.75 Å². The molecule has 22 heavy (non-hydrogen) atoms. The van der Waals surface area contributed by atoms with Crippen LogP contribution in [0, 0.1) is 0 Å². The molecule has 1 N–H and O–H groups in total. The van der Waals surface area contributed by atoms with Crippen LogP contribution in [0.2, 0.25) is 0 Å². The van der Waals surface area contributed by atoms with E-state index in [9.17, 15) is 5.11 Å². The largest absolute Gasteiger partial charge is 0.492 e. The van der Waals surface area contributed by atoms with E-state index in [4.69, 9.17) is 4.74 Å². The van der Waals surface area contributed by atoms with Gasteiger partial charge < -0.3 is 9.84 Å². The number of ether oxygens (including phenoxy) is 1. The SMILES string of the molecule is C/C=C\CCc1ccc2c(c1)C(O)C(c1ccccn1)CO2. The van der Waals surface area contributed by atoms with Gasteiger partial charge in [0.05, 0.1) is 18.6 Å². The molecule has 1 aromatic carbocycles. The Morgan fingerprint density at radius 2 is 2.23 bits per heavy atom. The summed E-state index contributed by atoms with van der Waals surface area (Å²) in [6.45, 7) is 2.49. The molecule has 3 nitrogen and oxygen atoms in total. The molecule has 0 aliphatic carbocycles. The van der Waals surface area contributed by atoms with Gasteiger partial charge in [-0.1, -0.05) is 24.3 Å². The summed E-state index contributed by atoms with van der Waals surface area (Å²) in [6, 6.07) is 11.9. The number of rotatable bonds is 4. The lowest BCUT2D eigenvalue weighted by molar-refractivity contribution is 0.0871. The van der Waals surface area contributed by atoms with Crippen LogP contribution in [-0.2, 0) is 6.42 Å². The zero-order valence-electron chi connectivity index (χ0n) is 12.8. The number of allylic oxidation sites excluding steroid dienone is 2. The van der Waals surface area contributed by atoms with Gasteiger partial charge >= 0.3 is 0 Å². The van der Waals surface area contributed by atoms with Crippen LogP contribution in [0.4, 0.5) is 0 Å². The highest BCUT2D eigenvalue weighted by Crippen LogP contribution is 2.40. The Balaban J connectivity index is 1.84. The van der Waals surface area contributed by atoms with Crippen molar-refractivity contribution in [1.29, 1.82) is 0 Å². The summed E-state index contributed by atoms with van der Waals surface area (Å²) in [6.07, 6.45) is 7.39. The Labute approximate surface area is 131 Å². The molecule has 0 spiro atoms. The predicted octanol–water partition coefficient (Wildman–Crippen LogP) is 3.80. The lowest BCUT2D eigenvalue weighted by Crippen LogP contribution is -2.25. The number of hydrogen-bond acceptors (Lipinski definition) is 3. The van der Waals surface area contributed by atoms with E-state index in [1.165, 1.54) is 5.56 Å². The molecule has 2 aromatic rings. The van der Waals surface area contributed by atoms with Crippen molar-refractivity contribution in [2.24, 2.45) is 0 Å². The number of aryl methyl sites for hydroxylation is 1. The lowest BCUT2D eigenvalue weighted by atomic mass is 9.89. The van der Waals surface area contributed by atoms with Crippen LogP contribution in [0.15, 0.2) is 54.7 Å². The number of fused-ring (bicyclic) bond motifs is 1. The van der Waals surface area contributed by atoms with Crippen LogP contribution in [0.25, 0.3) is 0 Å². The molecule has 2 atom stereocenters. The number of benzene rings is 1. The highest BCUT2D eigenvalue weighted by atomic mass is 16.5. The average Bonchev–Trinajstić information content (AvgIpc) is 2.57. The summed E-state index contributed by atoms with van der Waals surface area (Å²) in [5.74, 6) is 0.675. The number of aliphatic hydroxyl groups is 1. The molecule has 0 amide bonds. The normalized spacial score (nSPS) is 20.6. The maximum Gasteiger partial charge on any atom is 0.125 e. The van der Waals surface area contributed by atoms with E-state index in [1.54, 1.807) is 6.20 Å². The minimum Gasteiger partial charge on any atom is -0.492 e. The number of aromatic nitrogens is 1. The third-order valence-electron chi connectivity index (χ3n) is 4.10. The number of pyridine rings is 1. The molecule has 3 heteroatoms. The summed E-state index contributed by atoms with van der Waals surface area (Å²) in [7, 11) is 0. The van der Waals surface area contributed by atoms with Crippen molar-refractivity contribution >= 4 is 0 Å². The van der Waals surface area contributed by atoms with E-state index in [2.05, 4.69) is 29.3 Å². The molecule has 0 saturated carbocycles. The molecule has 2 unspecified atom stereocenters. The fourth-order valence-electron chi connectivity index (χ4n) is 2.86. The van der Waals surface area contributed by atoms with Crippen molar-refractivity contribution in [2.45, 2.75) is 31.8 Å². The molecule has 0 radical (unpaired) electrons. The lowest BCUT2D eigenvalue weighted by Gasteiger charge is -2.30. The van der Waals surface area contributed by atoms with Crippen LogP contribution in [-0.4, -0.2) is 16.7 Å². The van der Waals surface area contributed by atoms with Gasteiger partial charge in [0.2, 0.25) is 0 Å². The van der Waals surface area contributed by atoms with Crippen LogP contribution in [0.1, 0.15) is 42.2 Å². The summed E-state index contributed by atoms with van der Waals surface area (Å²) in [5, 5.41) is 10.7. The zero-order chi connectivity index (χ0) is 15.4. The Morgan fingerprint density at radius 3 is 3.00 bits per heavy atom. The fraction of sp³-hybridized carbons (Fsp3) is 0.316. The third kappa shape index (κ3) is 3.04. The minimum atomic E-state index is -0.569. The number of nitrogens with zero attached hydrogens (tertiary/aromatic N) is 1. The van der Waals surface area contributed by atoms with Gasteiger partial charge in [-0.15, -0.1) is 0 Å². The fourth-order valence-corrected chi connectivity index (χ4v) is 2.86. The van der Waals surface area contributed by atoms with Crippen LogP contribution in [0.5, 0.6) is 5.75 Å². The van der Waals surface area contributed by atoms with Gasteiger partial charge in [-0.25, -0.2) is 0 Å². The Bertz CT molecular complexity index is 652. The molecule has 0 bridgehead atoms. The minimum absolute atomic E-state index is 0.112. The predicted molar refractivity (Wildman–Crippen MR) is 87.0 cm³/mol. The van der Waals surface area contributed by atoms with Crippen molar-refractivity contribution in [3.05, 3.63) is 71.6 Å². The highest BCUT2D eigenvalue weighted by Gasteiger charge is 2.31. The van der Waals surface area contributed by atoms with E-state index in [0.717, 1.165) is 29.8 Å². The summed E-state index contributed by atoms with van der Waals surface area (Å²) >= 11 is 0. The molecular weight excluding hydrogens is 274 g/mol. The maximum atomic E-state index is 10.7. The zero-order valence-corrected chi connectivity index (χ0v) is 12.8. The maximum absolute atomic E-state index is 10.7. The first-order valence-corrected chi connectivity index (χ1v) is 7.75. The van der Waals surface area contributed by atoms with Crippen molar-refractivity contribution in [2.75, 3.05) is 6.61 Å². The van der Waals surface area contributed by atoms with Crippen molar-refractivity contribution in [1.82, 2.24) is 4.98 Å². The molecule has 2 heterocycles. The smallest absolute Gasteiger partial charge is 0.125 e. The van der Waals surface area contributed by atoms with Gasteiger partial charge in [0, 0.05) is 17.5 Å². The van der Waals surface area contributed by atoms with E-state index in [0.29, 0.717) is 6.61 Å². The summed E-state index contributed by atoms with van der Waals surface area (Å²) in [4.78, 5) is 4.36. The van der Waals surface area contributed by atoms with E-state index in [-0.39, 0.29) is 5.92 Å². The Morgan fingerprint density at radius 1 is 1.32 bits per heavy atom. The van der Waals surface area contributed by atoms with E-state index >= 15 is 0 Å². The van der Waals surface area contributed by atoms with Gasteiger partial charge in [0.25, 0.3) is 0 Å². The molecule has 3 rings (SSSR count). The molecular formula is C19H21NO2. The summed E-state index contributed by atoms with van der Waals surface area (Å²) in [5.41, 5.74) is 2.97. The first-order chi connectivity index (χ1) is 10.8. The first-order valence-electron chi connectivity index (χ1n) is 7.75. The Kier molecular flexibility index (Phi) is 4.54. The van der Waals surface area contributed by atoms with Crippen molar-refractivity contribution < 1.29 is 9.84 Å². The van der Waals surface area contributed by atoms with Gasteiger partial charge in [-0.3, -0.25) is 4.98 Å². The molecule has 1 aromatic heterocycles. The van der Waals surface area contributed by atoms with E-state index in [1.807, 2.05) is 31.2 Å². The molecule has 1 aliphatic rings. The first kappa shape index (κ1) is 14.8. The van der Waals surface area contributed by atoms with Gasteiger partial charge in [-0.05, 0) is 49.6 Å². The molecule has 114 valence electrons. The topological polar surface area (TPSA) is 42.4 Å². The second-order valence-electron chi connectivity index (χ2n) is 5.60. The standard InChI is InChI=1S/C19H21NO2/c1-2-3-4-7-14-9-10-18-15(12-14)19(21)16(13-22-18)17-8-5-6-11-20-17/h2-3,5-6,8-12,16,19,21H,4,7,13H2,1H3/b3-2-. The molecule has 1 aliphatic heterocycles. The highest BCUT2D eigenvalue weighted by molar-refractivity contribution is 5.42. The molecule has 0 saturated heterocycles. The second-order valence-corrected chi connectivity index (χ2v) is 5.60. The molecule has 0 fully saturated rings. The third-order valence-corrected chi connectivity index (χ3v) is 4.10. The van der Waals surface area contributed by atoms with Gasteiger partial charge in [-0.2, -0.15) is 0 Å². The monoisotopic (exact) mass is 295 g/mol. The van der Waals surface area contributed by atoms with Crippen LogP contribution in [0.3, 0.4) is 0 Å².